The Labute approximate surface area is 243 Å². The van der Waals surface area contributed by atoms with Crippen LogP contribution in [0.4, 0.5) is 17.1 Å². The van der Waals surface area contributed by atoms with Gasteiger partial charge in [-0.05, 0) is 79.9 Å². The van der Waals surface area contributed by atoms with Crippen LogP contribution in [-0.4, -0.2) is 0 Å². The van der Waals surface area contributed by atoms with Gasteiger partial charge in [-0.25, -0.2) is 0 Å². The van der Waals surface area contributed by atoms with Crippen LogP contribution in [0.5, 0.6) is 0 Å². The predicted octanol–water partition coefficient (Wildman–Crippen LogP) is 11.2. The fraction of sp³-hybridized carbons (Fsp3) is 0.150. The average molecular weight is 530 g/mol. The van der Waals surface area contributed by atoms with Crippen molar-refractivity contribution in [2.24, 2.45) is 0 Å². The van der Waals surface area contributed by atoms with Crippen molar-refractivity contribution < 1.29 is 0 Å². The number of nitrogens with zero attached hydrogens (tertiary/aromatic N) is 1. The lowest BCUT2D eigenvalue weighted by molar-refractivity contribution is 0.299. The maximum absolute atomic E-state index is 2.45. The number of hydrogen-bond acceptors (Lipinski definition) is 1. The fourth-order valence-electron chi connectivity index (χ4n) is 6.71. The summed E-state index contributed by atoms with van der Waals surface area (Å²) in [6.07, 6.45) is 0. The summed E-state index contributed by atoms with van der Waals surface area (Å²) in [6.45, 7) is 9.66. The molecular formula is C40H35N. The van der Waals surface area contributed by atoms with E-state index in [4.69, 9.17) is 0 Å². The first-order valence-corrected chi connectivity index (χ1v) is 14.5. The van der Waals surface area contributed by atoms with Crippen molar-refractivity contribution in [3.63, 3.8) is 0 Å². The van der Waals surface area contributed by atoms with Gasteiger partial charge < -0.3 is 4.90 Å². The van der Waals surface area contributed by atoms with Crippen molar-refractivity contribution in [3.05, 3.63) is 151 Å². The first-order chi connectivity index (χ1) is 19.9. The summed E-state index contributed by atoms with van der Waals surface area (Å²) < 4.78 is 0. The highest BCUT2D eigenvalue weighted by molar-refractivity contribution is 5.99. The predicted molar refractivity (Wildman–Crippen MR) is 176 cm³/mol. The highest BCUT2D eigenvalue weighted by atomic mass is 15.1. The fourth-order valence-corrected chi connectivity index (χ4v) is 6.71. The standard InChI is InChI=1S/C40H35N/c1-39(2)35-23-14-22-33(29-15-7-5-8-16-29)38(35)34-26-25-31(27-36(34)40(39,3)4)41(30-19-9-6-10-20-30)37-24-13-18-28-17-11-12-21-32(28)37/h5-27H,1-4H3. The minimum atomic E-state index is -0.0955. The van der Waals surface area contributed by atoms with Gasteiger partial charge in [0, 0.05) is 16.8 Å². The number of para-hydroxylation sites is 1. The Morgan fingerprint density at radius 2 is 1.10 bits per heavy atom. The Hall–Kier alpha value is -4.62. The molecule has 1 aliphatic carbocycles. The highest BCUT2D eigenvalue weighted by Crippen LogP contribution is 2.57. The molecule has 1 heteroatoms. The number of fused-ring (bicyclic) bond motifs is 4. The molecule has 0 heterocycles. The van der Waals surface area contributed by atoms with Gasteiger partial charge in [0.2, 0.25) is 0 Å². The Balaban J connectivity index is 1.50. The third-order valence-corrected chi connectivity index (χ3v) is 9.61. The molecule has 6 aromatic rings. The smallest absolute Gasteiger partial charge is 0.0540 e. The molecule has 0 saturated carbocycles. The molecule has 1 aliphatic rings. The SMILES string of the molecule is CC1(C)c2cc(N(c3ccccc3)c3cccc4ccccc34)ccc2-c2c(-c3ccccc3)cccc2C1(C)C. The molecule has 41 heavy (non-hydrogen) atoms. The zero-order chi connectivity index (χ0) is 28.2. The van der Waals surface area contributed by atoms with Crippen LogP contribution in [0.1, 0.15) is 38.8 Å². The van der Waals surface area contributed by atoms with Crippen LogP contribution < -0.4 is 4.90 Å². The van der Waals surface area contributed by atoms with E-state index in [0.717, 1.165) is 5.69 Å². The van der Waals surface area contributed by atoms with Gasteiger partial charge in [-0.15, -0.1) is 0 Å². The third kappa shape index (κ3) is 3.91. The van der Waals surface area contributed by atoms with E-state index in [1.165, 1.54) is 55.5 Å². The maximum atomic E-state index is 2.45. The lowest BCUT2D eigenvalue weighted by atomic mass is 9.55. The topological polar surface area (TPSA) is 3.24 Å². The minimum Gasteiger partial charge on any atom is -0.310 e. The molecule has 0 saturated heterocycles. The van der Waals surface area contributed by atoms with Gasteiger partial charge in [0.1, 0.15) is 0 Å². The van der Waals surface area contributed by atoms with Crippen LogP contribution in [0, 0.1) is 0 Å². The summed E-state index contributed by atoms with van der Waals surface area (Å²) in [6, 6.07) is 50.9. The van der Waals surface area contributed by atoms with Gasteiger partial charge in [0.25, 0.3) is 0 Å². The Kier molecular flexibility index (Phi) is 5.87. The molecule has 0 radical (unpaired) electrons. The normalized spacial score (nSPS) is 14.7. The second kappa shape index (κ2) is 9.49. The van der Waals surface area contributed by atoms with E-state index in [0.29, 0.717) is 0 Å². The number of rotatable bonds is 4. The summed E-state index contributed by atoms with van der Waals surface area (Å²) in [4.78, 5) is 2.42. The first-order valence-electron chi connectivity index (χ1n) is 14.5. The highest BCUT2D eigenvalue weighted by Gasteiger charge is 2.46. The van der Waals surface area contributed by atoms with Crippen molar-refractivity contribution in [2.75, 3.05) is 4.90 Å². The monoisotopic (exact) mass is 529 g/mol. The van der Waals surface area contributed by atoms with Crippen LogP contribution in [0.25, 0.3) is 33.0 Å². The molecular weight excluding hydrogens is 494 g/mol. The maximum Gasteiger partial charge on any atom is 0.0540 e. The van der Waals surface area contributed by atoms with E-state index in [1.807, 2.05) is 0 Å². The zero-order valence-corrected chi connectivity index (χ0v) is 24.2. The lowest BCUT2D eigenvalue weighted by Gasteiger charge is -2.49. The van der Waals surface area contributed by atoms with E-state index in [9.17, 15) is 0 Å². The molecule has 0 N–H and O–H groups in total. The van der Waals surface area contributed by atoms with Gasteiger partial charge in [-0.3, -0.25) is 0 Å². The summed E-state index contributed by atoms with van der Waals surface area (Å²) >= 11 is 0. The van der Waals surface area contributed by atoms with Crippen molar-refractivity contribution in [3.8, 4) is 22.3 Å². The quantitative estimate of drug-likeness (QED) is 0.219. The molecule has 0 aromatic heterocycles. The molecule has 7 rings (SSSR count). The van der Waals surface area contributed by atoms with E-state index >= 15 is 0 Å². The van der Waals surface area contributed by atoms with E-state index in [1.54, 1.807) is 0 Å². The second-order valence-corrected chi connectivity index (χ2v) is 12.2. The van der Waals surface area contributed by atoms with Crippen LogP contribution in [-0.2, 0) is 10.8 Å². The molecule has 0 bridgehead atoms. The summed E-state index contributed by atoms with van der Waals surface area (Å²) in [7, 11) is 0. The number of benzene rings is 6. The molecule has 0 atom stereocenters. The largest absolute Gasteiger partial charge is 0.310 e. The Morgan fingerprint density at radius 1 is 0.463 bits per heavy atom. The molecule has 0 unspecified atom stereocenters. The van der Waals surface area contributed by atoms with Crippen LogP contribution in [0.3, 0.4) is 0 Å². The first kappa shape index (κ1) is 25.4. The second-order valence-electron chi connectivity index (χ2n) is 12.2. The van der Waals surface area contributed by atoms with Gasteiger partial charge in [0.15, 0.2) is 0 Å². The molecule has 0 fully saturated rings. The van der Waals surface area contributed by atoms with Crippen molar-refractivity contribution in [2.45, 2.75) is 38.5 Å². The minimum absolute atomic E-state index is 0.0736. The van der Waals surface area contributed by atoms with Crippen molar-refractivity contribution >= 4 is 27.8 Å². The summed E-state index contributed by atoms with van der Waals surface area (Å²) in [5.41, 5.74) is 11.4. The molecule has 0 amide bonds. The molecule has 0 aliphatic heterocycles. The summed E-state index contributed by atoms with van der Waals surface area (Å²) in [5.74, 6) is 0. The Bertz CT molecular complexity index is 1870. The molecule has 1 nitrogen and oxygen atoms in total. The lowest BCUT2D eigenvalue weighted by Crippen LogP contribution is -2.43. The average Bonchev–Trinajstić information content (AvgIpc) is 3.01. The third-order valence-electron chi connectivity index (χ3n) is 9.61. The van der Waals surface area contributed by atoms with Crippen molar-refractivity contribution in [1.29, 1.82) is 0 Å². The van der Waals surface area contributed by atoms with E-state index in [-0.39, 0.29) is 10.8 Å². The van der Waals surface area contributed by atoms with Crippen LogP contribution in [0.2, 0.25) is 0 Å². The van der Waals surface area contributed by atoms with Gasteiger partial charge in [-0.1, -0.05) is 137 Å². The van der Waals surface area contributed by atoms with Crippen LogP contribution >= 0.6 is 0 Å². The van der Waals surface area contributed by atoms with E-state index < -0.39 is 0 Å². The van der Waals surface area contributed by atoms with E-state index in [2.05, 4.69) is 172 Å². The summed E-state index contributed by atoms with van der Waals surface area (Å²) in [5, 5.41) is 2.49. The molecule has 0 spiro atoms. The Morgan fingerprint density at radius 3 is 1.88 bits per heavy atom. The van der Waals surface area contributed by atoms with Crippen molar-refractivity contribution in [1.82, 2.24) is 0 Å². The zero-order valence-electron chi connectivity index (χ0n) is 24.2. The van der Waals surface area contributed by atoms with Gasteiger partial charge in [0.05, 0.1) is 5.69 Å². The molecule has 6 aromatic carbocycles. The van der Waals surface area contributed by atoms with Gasteiger partial charge in [-0.2, -0.15) is 0 Å². The molecule has 200 valence electrons. The van der Waals surface area contributed by atoms with Gasteiger partial charge >= 0.3 is 0 Å². The number of anilines is 3. The van der Waals surface area contributed by atoms with Crippen LogP contribution in [0.15, 0.2) is 140 Å². The number of hydrogen-bond donors (Lipinski definition) is 0.